The van der Waals surface area contributed by atoms with Gasteiger partial charge in [0.1, 0.15) is 0 Å². The zero-order chi connectivity index (χ0) is 20.2. The molecule has 0 spiro atoms. The van der Waals surface area contributed by atoms with Crippen LogP contribution in [0, 0.1) is 20.8 Å². The van der Waals surface area contributed by atoms with Crippen molar-refractivity contribution < 1.29 is 13.2 Å². The summed E-state index contributed by atoms with van der Waals surface area (Å²) in [5.41, 5.74) is 3.83. The van der Waals surface area contributed by atoms with Crippen LogP contribution in [0.4, 0.5) is 13.2 Å². The number of rotatable bonds is 7. The van der Waals surface area contributed by atoms with Crippen molar-refractivity contribution in [3.05, 3.63) is 58.7 Å². The molecule has 2 aromatic rings. The van der Waals surface area contributed by atoms with Crippen LogP contribution in [0.2, 0.25) is 0 Å². The molecule has 2 rings (SSSR count). The van der Waals surface area contributed by atoms with Crippen molar-refractivity contribution in [2.24, 2.45) is 0 Å². The first-order valence-electron chi connectivity index (χ1n) is 9.41. The van der Waals surface area contributed by atoms with Gasteiger partial charge in [0.05, 0.1) is 5.41 Å². The summed E-state index contributed by atoms with van der Waals surface area (Å²) in [5.74, 6) is 0. The Morgan fingerprint density at radius 2 is 1.41 bits per heavy atom. The number of alkyl halides is 4. The van der Waals surface area contributed by atoms with E-state index in [2.05, 4.69) is 28.1 Å². The normalized spacial score (nSPS) is 14.2. The van der Waals surface area contributed by atoms with E-state index in [-0.39, 0.29) is 6.42 Å². The third-order valence-corrected chi connectivity index (χ3v) is 6.03. The standard InChI is InChI=1S/C23H28BrF3/c1-16-8-10-20(17(2)14-16)21-11-9-19(15-18(21)3)22(4,23(25,26)27)12-6-5-7-13-24/h8-11,14-15H,5-7,12-13H2,1-4H3. The van der Waals surface area contributed by atoms with Crippen LogP contribution in [0.3, 0.4) is 0 Å². The third-order valence-electron chi connectivity index (χ3n) is 5.47. The molecular formula is C23H28BrF3. The summed E-state index contributed by atoms with van der Waals surface area (Å²) in [6, 6.07) is 11.4. The summed E-state index contributed by atoms with van der Waals surface area (Å²) in [4.78, 5) is 0. The molecule has 1 unspecified atom stereocenters. The highest BCUT2D eigenvalue weighted by molar-refractivity contribution is 9.09. The molecular weight excluding hydrogens is 413 g/mol. The van der Waals surface area contributed by atoms with E-state index in [4.69, 9.17) is 0 Å². The zero-order valence-electron chi connectivity index (χ0n) is 16.5. The molecule has 0 aliphatic heterocycles. The van der Waals surface area contributed by atoms with Gasteiger partial charge in [0.25, 0.3) is 0 Å². The number of hydrogen-bond donors (Lipinski definition) is 0. The first-order valence-corrected chi connectivity index (χ1v) is 10.5. The quantitative estimate of drug-likeness (QED) is 0.301. The average Bonchev–Trinajstić information content (AvgIpc) is 2.58. The lowest BCUT2D eigenvalue weighted by Crippen LogP contribution is -2.39. The Balaban J connectivity index is 2.39. The van der Waals surface area contributed by atoms with Gasteiger partial charge >= 0.3 is 6.18 Å². The van der Waals surface area contributed by atoms with Crippen LogP contribution in [0.1, 0.15) is 54.9 Å². The van der Waals surface area contributed by atoms with Gasteiger partial charge in [0.2, 0.25) is 0 Å². The predicted octanol–water partition coefficient (Wildman–Crippen LogP) is 8.05. The van der Waals surface area contributed by atoms with Gasteiger partial charge in [-0.15, -0.1) is 0 Å². The Kier molecular flexibility index (Phi) is 7.18. The lowest BCUT2D eigenvalue weighted by Gasteiger charge is -2.33. The largest absolute Gasteiger partial charge is 0.398 e. The fourth-order valence-electron chi connectivity index (χ4n) is 3.62. The van der Waals surface area contributed by atoms with Gasteiger partial charge in [-0.3, -0.25) is 0 Å². The number of unbranched alkanes of at least 4 members (excludes halogenated alkanes) is 2. The van der Waals surface area contributed by atoms with Gasteiger partial charge in [0, 0.05) is 5.33 Å². The van der Waals surface area contributed by atoms with Crippen molar-refractivity contribution >= 4 is 15.9 Å². The maximum Gasteiger partial charge on any atom is 0.398 e. The Labute approximate surface area is 169 Å². The molecule has 0 saturated heterocycles. The first kappa shape index (κ1) is 22.0. The maximum absolute atomic E-state index is 14.0. The van der Waals surface area contributed by atoms with Crippen LogP contribution < -0.4 is 0 Å². The van der Waals surface area contributed by atoms with E-state index in [1.807, 2.05) is 32.9 Å². The molecule has 0 fully saturated rings. The van der Waals surface area contributed by atoms with E-state index < -0.39 is 11.6 Å². The number of halogens is 4. The van der Waals surface area contributed by atoms with E-state index in [1.54, 1.807) is 12.1 Å². The molecule has 0 bridgehead atoms. The van der Waals surface area contributed by atoms with E-state index in [0.717, 1.165) is 40.4 Å². The Morgan fingerprint density at radius 1 is 0.815 bits per heavy atom. The lowest BCUT2D eigenvalue weighted by atomic mass is 9.76. The minimum atomic E-state index is -4.27. The summed E-state index contributed by atoms with van der Waals surface area (Å²) in [5, 5.41) is 0.833. The molecule has 0 radical (unpaired) electrons. The average molecular weight is 441 g/mol. The van der Waals surface area contributed by atoms with Crippen molar-refractivity contribution in [2.75, 3.05) is 5.33 Å². The molecule has 0 amide bonds. The highest BCUT2D eigenvalue weighted by Gasteiger charge is 2.51. The molecule has 0 saturated carbocycles. The molecule has 0 N–H and O–H groups in total. The molecule has 4 heteroatoms. The van der Waals surface area contributed by atoms with E-state index in [1.165, 1.54) is 12.5 Å². The smallest absolute Gasteiger partial charge is 0.170 e. The van der Waals surface area contributed by atoms with Gasteiger partial charge in [-0.25, -0.2) is 0 Å². The van der Waals surface area contributed by atoms with Crippen molar-refractivity contribution in [1.29, 1.82) is 0 Å². The third kappa shape index (κ3) is 4.96. The van der Waals surface area contributed by atoms with Gasteiger partial charge in [-0.05, 0) is 68.4 Å². The number of hydrogen-bond acceptors (Lipinski definition) is 0. The molecule has 0 heterocycles. The van der Waals surface area contributed by atoms with Crippen LogP contribution in [0.15, 0.2) is 36.4 Å². The van der Waals surface area contributed by atoms with Gasteiger partial charge < -0.3 is 0 Å². The summed E-state index contributed by atoms with van der Waals surface area (Å²) in [6.45, 7) is 7.32. The topological polar surface area (TPSA) is 0 Å². The van der Waals surface area contributed by atoms with Crippen LogP contribution in [0.5, 0.6) is 0 Å². The van der Waals surface area contributed by atoms with Crippen LogP contribution >= 0.6 is 15.9 Å². The number of benzene rings is 2. The lowest BCUT2D eigenvalue weighted by molar-refractivity contribution is -0.188. The zero-order valence-corrected chi connectivity index (χ0v) is 18.1. The summed E-state index contributed by atoms with van der Waals surface area (Å²) >= 11 is 3.34. The first-order chi connectivity index (χ1) is 12.6. The van der Waals surface area contributed by atoms with E-state index >= 15 is 0 Å². The van der Waals surface area contributed by atoms with E-state index in [0.29, 0.717) is 12.0 Å². The SMILES string of the molecule is Cc1ccc(-c2ccc(C(C)(CCCCCBr)C(F)(F)F)cc2C)c(C)c1. The Bertz CT molecular complexity index is 780. The molecule has 148 valence electrons. The Hall–Kier alpha value is -1.29. The fourth-order valence-corrected chi connectivity index (χ4v) is 4.02. The van der Waals surface area contributed by atoms with Crippen molar-refractivity contribution in [3.63, 3.8) is 0 Å². The predicted molar refractivity (Wildman–Crippen MR) is 112 cm³/mol. The second kappa shape index (κ2) is 8.81. The monoisotopic (exact) mass is 440 g/mol. The van der Waals surface area contributed by atoms with Crippen LogP contribution in [0.25, 0.3) is 11.1 Å². The van der Waals surface area contributed by atoms with Crippen molar-refractivity contribution in [2.45, 2.75) is 65.0 Å². The Morgan fingerprint density at radius 3 is 1.93 bits per heavy atom. The maximum atomic E-state index is 14.0. The van der Waals surface area contributed by atoms with Gasteiger partial charge in [0.15, 0.2) is 0 Å². The van der Waals surface area contributed by atoms with Gasteiger partial charge in [-0.1, -0.05) is 70.7 Å². The molecule has 27 heavy (non-hydrogen) atoms. The summed E-state index contributed by atoms with van der Waals surface area (Å²) < 4.78 is 41.9. The summed E-state index contributed by atoms with van der Waals surface area (Å²) in [6.07, 6.45) is -1.88. The van der Waals surface area contributed by atoms with Gasteiger partial charge in [-0.2, -0.15) is 13.2 Å². The van der Waals surface area contributed by atoms with E-state index in [9.17, 15) is 13.2 Å². The summed E-state index contributed by atoms with van der Waals surface area (Å²) in [7, 11) is 0. The molecule has 0 aliphatic rings. The molecule has 0 aliphatic carbocycles. The molecule has 1 atom stereocenters. The fraction of sp³-hybridized carbons (Fsp3) is 0.478. The highest BCUT2D eigenvalue weighted by atomic mass is 79.9. The van der Waals surface area contributed by atoms with Crippen molar-refractivity contribution in [1.82, 2.24) is 0 Å². The highest BCUT2D eigenvalue weighted by Crippen LogP contribution is 2.45. The number of aryl methyl sites for hydroxylation is 3. The second-order valence-corrected chi connectivity index (χ2v) is 8.47. The van der Waals surface area contributed by atoms with Crippen molar-refractivity contribution in [3.8, 4) is 11.1 Å². The second-order valence-electron chi connectivity index (χ2n) is 7.68. The van der Waals surface area contributed by atoms with Crippen LogP contribution in [-0.4, -0.2) is 11.5 Å². The minimum absolute atomic E-state index is 0.117. The molecule has 0 aromatic heterocycles. The minimum Gasteiger partial charge on any atom is -0.170 e. The molecule has 0 nitrogen and oxygen atoms in total. The van der Waals surface area contributed by atoms with Crippen LogP contribution in [-0.2, 0) is 5.41 Å². The molecule has 2 aromatic carbocycles.